The summed E-state index contributed by atoms with van der Waals surface area (Å²) >= 11 is 0. The van der Waals surface area contributed by atoms with E-state index < -0.39 is 0 Å². The molecule has 2 N–H and O–H groups in total. The molecule has 0 aromatic heterocycles. The third-order valence-electron chi connectivity index (χ3n) is 6.36. The molecule has 108 valence electrons. The van der Waals surface area contributed by atoms with Crippen molar-refractivity contribution in [2.75, 3.05) is 0 Å². The molecule has 2 bridgehead atoms. The van der Waals surface area contributed by atoms with E-state index in [1.165, 1.54) is 62.5 Å². The topological polar surface area (TPSA) is 26.0 Å². The molecule has 0 amide bonds. The summed E-state index contributed by atoms with van der Waals surface area (Å²) in [4.78, 5) is 0. The van der Waals surface area contributed by atoms with Gasteiger partial charge in [-0.2, -0.15) is 0 Å². The first-order valence-electron chi connectivity index (χ1n) is 8.65. The molecule has 1 nitrogen and oxygen atoms in total. The predicted octanol–water partition coefficient (Wildman–Crippen LogP) is 4.78. The highest BCUT2D eigenvalue weighted by atomic mass is 14.6. The molecule has 4 atom stereocenters. The van der Waals surface area contributed by atoms with Crippen molar-refractivity contribution in [1.82, 2.24) is 0 Å². The lowest BCUT2D eigenvalue weighted by Crippen LogP contribution is -2.20. The zero-order valence-electron chi connectivity index (χ0n) is 12.4. The number of benzene rings is 1. The van der Waals surface area contributed by atoms with Crippen molar-refractivity contribution in [2.45, 2.75) is 63.3 Å². The molecule has 3 aliphatic carbocycles. The Hall–Kier alpha value is -0.820. The Kier molecular flexibility index (Phi) is 3.34. The lowest BCUT2D eigenvalue weighted by atomic mass is 9.78. The Morgan fingerprint density at radius 2 is 2.00 bits per heavy atom. The molecule has 3 saturated carbocycles. The van der Waals surface area contributed by atoms with Crippen LogP contribution < -0.4 is 5.73 Å². The third kappa shape index (κ3) is 2.30. The predicted molar refractivity (Wildman–Crippen MR) is 83.5 cm³/mol. The van der Waals surface area contributed by atoms with E-state index in [4.69, 9.17) is 5.73 Å². The molecule has 0 heterocycles. The van der Waals surface area contributed by atoms with Crippen LogP contribution in [-0.4, -0.2) is 0 Å². The van der Waals surface area contributed by atoms with Gasteiger partial charge >= 0.3 is 0 Å². The molecule has 3 aliphatic rings. The van der Waals surface area contributed by atoms with Crippen molar-refractivity contribution >= 4 is 0 Å². The second-order valence-electron chi connectivity index (χ2n) is 7.58. The minimum atomic E-state index is 0.263. The van der Waals surface area contributed by atoms with Crippen LogP contribution in [0.1, 0.15) is 74.5 Å². The second kappa shape index (κ2) is 5.18. The largest absolute Gasteiger partial charge is 0.324 e. The molecule has 1 heteroatoms. The van der Waals surface area contributed by atoms with Crippen molar-refractivity contribution < 1.29 is 0 Å². The van der Waals surface area contributed by atoms with E-state index in [1.54, 1.807) is 0 Å². The van der Waals surface area contributed by atoms with Crippen LogP contribution in [0.2, 0.25) is 0 Å². The van der Waals surface area contributed by atoms with Crippen LogP contribution in [0.4, 0.5) is 0 Å². The second-order valence-corrected chi connectivity index (χ2v) is 7.58. The molecular formula is C19H27N. The lowest BCUT2D eigenvalue weighted by Gasteiger charge is -2.28. The van der Waals surface area contributed by atoms with Crippen LogP contribution in [0.5, 0.6) is 0 Å². The summed E-state index contributed by atoms with van der Waals surface area (Å²) in [6.45, 7) is 0. The van der Waals surface area contributed by atoms with Gasteiger partial charge in [-0.1, -0.05) is 37.1 Å². The molecular weight excluding hydrogens is 242 g/mol. The van der Waals surface area contributed by atoms with Crippen molar-refractivity contribution in [3.63, 3.8) is 0 Å². The Balaban J connectivity index is 1.43. The van der Waals surface area contributed by atoms with Crippen LogP contribution in [0.3, 0.4) is 0 Å². The van der Waals surface area contributed by atoms with E-state index >= 15 is 0 Å². The molecule has 1 aromatic carbocycles. The lowest BCUT2D eigenvalue weighted by molar-refractivity contribution is 0.296. The quantitative estimate of drug-likeness (QED) is 0.836. The summed E-state index contributed by atoms with van der Waals surface area (Å²) in [6, 6.07) is 9.45. The van der Waals surface area contributed by atoms with Gasteiger partial charge in [0.2, 0.25) is 0 Å². The van der Waals surface area contributed by atoms with E-state index in [0.29, 0.717) is 0 Å². The maximum absolute atomic E-state index is 6.54. The fourth-order valence-corrected chi connectivity index (χ4v) is 4.91. The summed E-state index contributed by atoms with van der Waals surface area (Å²) in [5.41, 5.74) is 9.46. The summed E-state index contributed by atoms with van der Waals surface area (Å²) in [6.07, 6.45) is 11.3. The van der Waals surface area contributed by atoms with E-state index in [1.807, 2.05) is 0 Å². The standard InChI is InChI=1S/C19H27N/c20-19(12-18-10-13-7-8-16(18)9-13)17-6-2-5-15(11-17)14-3-1-4-14/h2,5-6,11,13-14,16,18-19H,1,3-4,7-10,12,20H2. The van der Waals surface area contributed by atoms with Crippen LogP contribution >= 0.6 is 0 Å². The van der Waals surface area contributed by atoms with Crippen LogP contribution in [0.15, 0.2) is 24.3 Å². The summed E-state index contributed by atoms with van der Waals surface area (Å²) in [5, 5.41) is 0. The summed E-state index contributed by atoms with van der Waals surface area (Å²) in [7, 11) is 0. The summed E-state index contributed by atoms with van der Waals surface area (Å²) in [5.74, 6) is 3.78. The minimum Gasteiger partial charge on any atom is -0.324 e. The van der Waals surface area contributed by atoms with Crippen LogP contribution in [0, 0.1) is 17.8 Å². The Bertz CT molecular complexity index is 476. The minimum absolute atomic E-state index is 0.263. The Morgan fingerprint density at radius 3 is 2.65 bits per heavy atom. The number of fused-ring (bicyclic) bond motifs is 2. The van der Waals surface area contributed by atoms with Gasteiger partial charge in [0.1, 0.15) is 0 Å². The van der Waals surface area contributed by atoms with Gasteiger partial charge in [0, 0.05) is 6.04 Å². The average Bonchev–Trinajstić information content (AvgIpc) is 2.99. The van der Waals surface area contributed by atoms with Crippen molar-refractivity contribution in [3.05, 3.63) is 35.4 Å². The van der Waals surface area contributed by atoms with Crippen molar-refractivity contribution in [3.8, 4) is 0 Å². The van der Waals surface area contributed by atoms with Crippen molar-refractivity contribution in [1.29, 1.82) is 0 Å². The molecule has 20 heavy (non-hydrogen) atoms. The summed E-state index contributed by atoms with van der Waals surface area (Å²) < 4.78 is 0. The first kappa shape index (κ1) is 12.9. The highest BCUT2D eigenvalue weighted by Crippen LogP contribution is 2.50. The molecule has 4 unspecified atom stereocenters. The smallest absolute Gasteiger partial charge is 0.0297 e. The fraction of sp³-hybridized carbons (Fsp3) is 0.684. The Labute approximate surface area is 122 Å². The highest BCUT2D eigenvalue weighted by Gasteiger charge is 2.39. The number of hydrogen-bond donors (Lipinski definition) is 1. The molecule has 0 spiro atoms. The zero-order chi connectivity index (χ0) is 13.5. The van der Waals surface area contributed by atoms with Gasteiger partial charge in [-0.15, -0.1) is 0 Å². The molecule has 0 radical (unpaired) electrons. The molecule has 1 aromatic rings. The van der Waals surface area contributed by atoms with E-state index in [-0.39, 0.29) is 6.04 Å². The van der Waals surface area contributed by atoms with Crippen molar-refractivity contribution in [2.24, 2.45) is 23.5 Å². The van der Waals surface area contributed by atoms with E-state index in [0.717, 1.165) is 23.7 Å². The normalized spacial score (nSPS) is 34.1. The van der Waals surface area contributed by atoms with E-state index in [9.17, 15) is 0 Å². The molecule has 0 aliphatic heterocycles. The highest BCUT2D eigenvalue weighted by molar-refractivity contribution is 5.29. The van der Waals surface area contributed by atoms with Crippen LogP contribution in [-0.2, 0) is 0 Å². The van der Waals surface area contributed by atoms with E-state index in [2.05, 4.69) is 24.3 Å². The average molecular weight is 269 g/mol. The van der Waals surface area contributed by atoms with Gasteiger partial charge < -0.3 is 5.73 Å². The Morgan fingerprint density at radius 1 is 1.10 bits per heavy atom. The molecule has 3 fully saturated rings. The maximum atomic E-state index is 6.54. The first-order valence-corrected chi connectivity index (χ1v) is 8.65. The fourth-order valence-electron chi connectivity index (χ4n) is 4.91. The first-order chi connectivity index (χ1) is 9.79. The number of hydrogen-bond acceptors (Lipinski definition) is 1. The van der Waals surface area contributed by atoms with Gasteiger partial charge in [0.05, 0.1) is 0 Å². The number of nitrogens with two attached hydrogens (primary N) is 1. The SMILES string of the molecule is NC(CC1CC2CCC1C2)c1cccc(C2CCC2)c1. The monoisotopic (exact) mass is 269 g/mol. The van der Waals surface area contributed by atoms with Gasteiger partial charge in [0.25, 0.3) is 0 Å². The zero-order valence-corrected chi connectivity index (χ0v) is 12.4. The van der Waals surface area contributed by atoms with Gasteiger partial charge in [0.15, 0.2) is 0 Å². The van der Waals surface area contributed by atoms with Gasteiger partial charge in [-0.05, 0) is 73.3 Å². The third-order valence-corrected chi connectivity index (χ3v) is 6.36. The van der Waals surface area contributed by atoms with Gasteiger partial charge in [-0.25, -0.2) is 0 Å². The number of rotatable bonds is 4. The molecule has 4 rings (SSSR count). The maximum Gasteiger partial charge on any atom is 0.0297 e. The molecule has 0 saturated heterocycles. The van der Waals surface area contributed by atoms with Crippen LogP contribution in [0.25, 0.3) is 0 Å². The van der Waals surface area contributed by atoms with Gasteiger partial charge in [-0.3, -0.25) is 0 Å².